The van der Waals surface area contributed by atoms with Gasteiger partial charge in [0.2, 0.25) is 0 Å². The average molecular weight is 401 g/mol. The highest BCUT2D eigenvalue weighted by Gasteiger charge is 2.37. The van der Waals surface area contributed by atoms with Gasteiger partial charge in [0.15, 0.2) is 0 Å². The number of hydrogen-bond donors (Lipinski definition) is 1. The van der Waals surface area contributed by atoms with E-state index in [-0.39, 0.29) is 5.41 Å². The third-order valence-electron chi connectivity index (χ3n) is 5.21. The second-order valence-electron chi connectivity index (χ2n) is 6.40. The number of halogens is 1. The van der Waals surface area contributed by atoms with Gasteiger partial charge >= 0.3 is 0 Å². The van der Waals surface area contributed by atoms with Crippen LogP contribution in [0, 0.1) is 3.57 Å². The Morgan fingerprint density at radius 2 is 1.59 bits per heavy atom. The molecule has 0 aliphatic heterocycles. The van der Waals surface area contributed by atoms with E-state index in [1.807, 2.05) is 0 Å². The largest absolute Gasteiger partial charge is 0.361 e. The minimum Gasteiger partial charge on any atom is -0.361 e. The van der Waals surface area contributed by atoms with Crippen LogP contribution in [0.25, 0.3) is 10.9 Å². The molecule has 1 nitrogen and oxygen atoms in total. The van der Waals surface area contributed by atoms with E-state index in [1.165, 1.54) is 57.7 Å². The second-order valence-corrected chi connectivity index (χ2v) is 7.64. The molecular weight excluding hydrogens is 381 g/mol. The molecule has 1 heterocycles. The van der Waals surface area contributed by atoms with Crippen LogP contribution in [0.3, 0.4) is 0 Å². The summed E-state index contributed by atoms with van der Waals surface area (Å²) in [5.41, 5.74) is 4.41. The van der Waals surface area contributed by atoms with E-state index < -0.39 is 0 Å². The summed E-state index contributed by atoms with van der Waals surface area (Å²) in [7, 11) is 0. The molecule has 2 aromatic carbocycles. The van der Waals surface area contributed by atoms with E-state index >= 15 is 0 Å². The van der Waals surface area contributed by atoms with Crippen LogP contribution >= 0.6 is 22.6 Å². The molecule has 0 amide bonds. The quantitative estimate of drug-likeness (QED) is 0.506. The molecule has 0 unspecified atom stereocenters. The van der Waals surface area contributed by atoms with E-state index in [0.29, 0.717) is 0 Å². The van der Waals surface area contributed by atoms with Crippen molar-refractivity contribution in [3.63, 3.8) is 0 Å². The zero-order chi connectivity index (χ0) is 15.0. The Kier molecular flexibility index (Phi) is 3.73. The van der Waals surface area contributed by atoms with E-state index in [9.17, 15) is 0 Å². The van der Waals surface area contributed by atoms with E-state index in [1.54, 1.807) is 0 Å². The molecule has 0 radical (unpaired) electrons. The Morgan fingerprint density at radius 3 is 2.36 bits per heavy atom. The first kappa shape index (κ1) is 14.3. The Bertz CT molecular complexity index is 779. The van der Waals surface area contributed by atoms with Gasteiger partial charge in [-0.25, -0.2) is 0 Å². The van der Waals surface area contributed by atoms with Gasteiger partial charge in [0.1, 0.15) is 0 Å². The Labute approximate surface area is 145 Å². The Morgan fingerprint density at radius 1 is 0.864 bits per heavy atom. The third-order valence-corrected chi connectivity index (χ3v) is 5.93. The zero-order valence-corrected chi connectivity index (χ0v) is 14.8. The van der Waals surface area contributed by atoms with Gasteiger partial charge in [0.25, 0.3) is 0 Å². The van der Waals surface area contributed by atoms with E-state index in [2.05, 4.69) is 82.3 Å². The molecule has 0 bridgehead atoms. The molecule has 0 spiro atoms. The SMILES string of the molecule is Ic1ccc(C2(c3c[nH]c4ccccc34)CCCCC2)cc1. The molecule has 1 N–H and O–H groups in total. The third kappa shape index (κ3) is 2.28. The van der Waals surface area contributed by atoms with Crippen LogP contribution in [-0.2, 0) is 5.41 Å². The lowest BCUT2D eigenvalue weighted by Gasteiger charge is -2.38. The van der Waals surface area contributed by atoms with Gasteiger partial charge in [-0.1, -0.05) is 49.6 Å². The van der Waals surface area contributed by atoms with Crippen molar-refractivity contribution in [3.05, 3.63) is 69.4 Å². The van der Waals surface area contributed by atoms with Crippen LogP contribution in [0.1, 0.15) is 43.2 Å². The first-order chi connectivity index (χ1) is 10.8. The highest BCUT2D eigenvalue weighted by molar-refractivity contribution is 14.1. The number of nitrogens with one attached hydrogen (secondary N) is 1. The minimum absolute atomic E-state index is 0.183. The Hall–Kier alpha value is -1.29. The topological polar surface area (TPSA) is 15.8 Å². The number of benzene rings is 2. The first-order valence-electron chi connectivity index (χ1n) is 8.12. The Balaban J connectivity index is 1.92. The number of hydrogen-bond acceptors (Lipinski definition) is 0. The predicted molar refractivity (Wildman–Crippen MR) is 101 cm³/mol. The fourth-order valence-corrected chi connectivity index (χ4v) is 4.46. The number of aromatic nitrogens is 1. The highest BCUT2D eigenvalue weighted by atomic mass is 127. The minimum atomic E-state index is 0.183. The van der Waals surface area contributed by atoms with Gasteiger partial charge in [0.05, 0.1) is 0 Å². The molecule has 1 aliphatic carbocycles. The molecular formula is C20H20IN. The molecule has 1 aliphatic rings. The van der Waals surface area contributed by atoms with Gasteiger partial charge in [-0.15, -0.1) is 0 Å². The van der Waals surface area contributed by atoms with Crippen LogP contribution in [0.5, 0.6) is 0 Å². The maximum atomic E-state index is 3.49. The molecule has 1 aromatic heterocycles. The van der Waals surface area contributed by atoms with Crippen molar-refractivity contribution in [1.82, 2.24) is 4.98 Å². The maximum absolute atomic E-state index is 3.49. The van der Waals surface area contributed by atoms with Gasteiger partial charge in [-0.2, -0.15) is 0 Å². The summed E-state index contributed by atoms with van der Waals surface area (Å²) in [5, 5.41) is 1.39. The van der Waals surface area contributed by atoms with Crippen molar-refractivity contribution in [2.75, 3.05) is 0 Å². The summed E-state index contributed by atoms with van der Waals surface area (Å²) in [5.74, 6) is 0. The number of H-pyrrole nitrogens is 1. The summed E-state index contributed by atoms with van der Waals surface area (Å²) < 4.78 is 1.31. The first-order valence-corrected chi connectivity index (χ1v) is 9.20. The number of para-hydroxylation sites is 1. The number of rotatable bonds is 2. The molecule has 0 atom stereocenters. The molecule has 22 heavy (non-hydrogen) atoms. The maximum Gasteiger partial charge on any atom is 0.0457 e. The fourth-order valence-electron chi connectivity index (χ4n) is 4.11. The molecule has 0 saturated heterocycles. The van der Waals surface area contributed by atoms with Crippen molar-refractivity contribution in [1.29, 1.82) is 0 Å². The van der Waals surface area contributed by atoms with E-state index in [4.69, 9.17) is 0 Å². The zero-order valence-electron chi connectivity index (χ0n) is 12.6. The van der Waals surface area contributed by atoms with Crippen molar-refractivity contribution in [2.45, 2.75) is 37.5 Å². The van der Waals surface area contributed by atoms with Gasteiger partial charge < -0.3 is 4.98 Å². The van der Waals surface area contributed by atoms with Crippen LogP contribution < -0.4 is 0 Å². The lowest BCUT2D eigenvalue weighted by atomic mass is 9.65. The van der Waals surface area contributed by atoms with Gasteiger partial charge in [-0.3, -0.25) is 0 Å². The summed E-state index contributed by atoms with van der Waals surface area (Å²) in [6.07, 6.45) is 8.80. The van der Waals surface area contributed by atoms with Crippen LogP contribution in [0.15, 0.2) is 54.7 Å². The normalized spacial score (nSPS) is 17.7. The highest BCUT2D eigenvalue weighted by Crippen LogP contribution is 2.47. The van der Waals surface area contributed by atoms with Gasteiger partial charge in [-0.05, 0) is 64.8 Å². The summed E-state index contributed by atoms with van der Waals surface area (Å²) in [4.78, 5) is 3.49. The molecule has 3 aromatic rings. The van der Waals surface area contributed by atoms with Crippen LogP contribution in [-0.4, -0.2) is 4.98 Å². The van der Waals surface area contributed by atoms with Crippen LogP contribution in [0.2, 0.25) is 0 Å². The molecule has 2 heteroatoms. The fraction of sp³-hybridized carbons (Fsp3) is 0.300. The smallest absolute Gasteiger partial charge is 0.0457 e. The van der Waals surface area contributed by atoms with Gasteiger partial charge in [0, 0.05) is 26.1 Å². The summed E-state index contributed by atoms with van der Waals surface area (Å²) in [6, 6.07) is 17.9. The summed E-state index contributed by atoms with van der Waals surface area (Å²) >= 11 is 2.39. The van der Waals surface area contributed by atoms with Crippen molar-refractivity contribution < 1.29 is 0 Å². The lowest BCUT2D eigenvalue weighted by molar-refractivity contribution is 0.348. The molecule has 112 valence electrons. The molecule has 4 rings (SSSR count). The van der Waals surface area contributed by atoms with Crippen LogP contribution in [0.4, 0.5) is 0 Å². The standard InChI is InChI=1S/C20H20IN/c21-16-10-8-15(9-11-16)20(12-4-1-5-13-20)18-14-22-19-7-3-2-6-17(18)19/h2-3,6-11,14,22H,1,4-5,12-13H2. The van der Waals surface area contributed by atoms with Crippen molar-refractivity contribution >= 4 is 33.5 Å². The number of aromatic amines is 1. The molecule has 1 fully saturated rings. The number of fused-ring (bicyclic) bond motifs is 1. The van der Waals surface area contributed by atoms with E-state index in [0.717, 1.165) is 0 Å². The lowest BCUT2D eigenvalue weighted by Crippen LogP contribution is -2.30. The second kappa shape index (κ2) is 5.73. The monoisotopic (exact) mass is 401 g/mol. The molecule has 1 saturated carbocycles. The van der Waals surface area contributed by atoms with Crippen molar-refractivity contribution in [2.24, 2.45) is 0 Å². The predicted octanol–water partition coefficient (Wildman–Crippen LogP) is 6.02. The summed E-state index contributed by atoms with van der Waals surface area (Å²) in [6.45, 7) is 0. The van der Waals surface area contributed by atoms with Crippen molar-refractivity contribution in [3.8, 4) is 0 Å². The average Bonchev–Trinajstić information content (AvgIpc) is 3.01.